The molecular formula is C11H14O6. The van der Waals surface area contributed by atoms with Crippen LogP contribution in [0.5, 0.6) is 11.5 Å². The molecule has 0 bridgehead atoms. The van der Waals surface area contributed by atoms with Gasteiger partial charge in [0, 0.05) is 0 Å². The molecule has 4 N–H and O–H groups in total. The van der Waals surface area contributed by atoms with Gasteiger partial charge in [-0.1, -0.05) is 0 Å². The number of aliphatic hydroxyl groups is 3. The van der Waals surface area contributed by atoms with E-state index in [1.165, 1.54) is 24.3 Å². The lowest BCUT2D eigenvalue weighted by Crippen LogP contribution is -2.35. The SMILES string of the molecule is OC[C@H]1O[C@@H](Oc2ccc(O)cc2)[C@@H](O)[C@@H]1O. The monoisotopic (exact) mass is 242 g/mol. The molecule has 1 aromatic rings. The van der Waals surface area contributed by atoms with Gasteiger partial charge in [0.05, 0.1) is 6.61 Å². The molecule has 0 aromatic heterocycles. The van der Waals surface area contributed by atoms with Crippen LogP contribution >= 0.6 is 0 Å². The summed E-state index contributed by atoms with van der Waals surface area (Å²) in [7, 11) is 0. The summed E-state index contributed by atoms with van der Waals surface area (Å²) in [6.45, 7) is -0.395. The highest BCUT2D eigenvalue weighted by atomic mass is 16.7. The topological polar surface area (TPSA) is 99.4 Å². The second-order valence-electron chi connectivity index (χ2n) is 3.82. The van der Waals surface area contributed by atoms with E-state index in [1.807, 2.05) is 0 Å². The predicted molar refractivity (Wildman–Crippen MR) is 56.5 cm³/mol. The molecule has 1 aliphatic heterocycles. The summed E-state index contributed by atoms with van der Waals surface area (Å²) in [5, 5.41) is 37.1. The fourth-order valence-corrected chi connectivity index (χ4v) is 1.62. The number of rotatable bonds is 3. The maximum absolute atomic E-state index is 9.61. The molecule has 0 radical (unpaired) electrons. The molecule has 94 valence electrons. The van der Waals surface area contributed by atoms with Crippen LogP contribution in [0, 0.1) is 0 Å². The van der Waals surface area contributed by atoms with E-state index in [4.69, 9.17) is 19.7 Å². The number of aromatic hydroxyl groups is 1. The highest BCUT2D eigenvalue weighted by molar-refractivity contribution is 5.30. The molecule has 17 heavy (non-hydrogen) atoms. The largest absolute Gasteiger partial charge is 0.508 e. The van der Waals surface area contributed by atoms with Gasteiger partial charge in [-0.15, -0.1) is 0 Å². The van der Waals surface area contributed by atoms with E-state index in [2.05, 4.69) is 0 Å². The van der Waals surface area contributed by atoms with Crippen molar-refractivity contribution in [3.63, 3.8) is 0 Å². The van der Waals surface area contributed by atoms with Crippen LogP contribution in [0.15, 0.2) is 24.3 Å². The number of aliphatic hydroxyl groups excluding tert-OH is 3. The molecule has 0 spiro atoms. The van der Waals surface area contributed by atoms with E-state index in [9.17, 15) is 10.2 Å². The molecule has 0 saturated carbocycles. The van der Waals surface area contributed by atoms with Gasteiger partial charge in [-0.05, 0) is 24.3 Å². The Labute approximate surface area is 97.7 Å². The third-order valence-corrected chi connectivity index (χ3v) is 2.59. The van der Waals surface area contributed by atoms with Crippen LogP contribution in [0.25, 0.3) is 0 Å². The molecule has 1 fully saturated rings. The van der Waals surface area contributed by atoms with Crippen molar-refractivity contribution in [3.05, 3.63) is 24.3 Å². The van der Waals surface area contributed by atoms with Crippen molar-refractivity contribution >= 4 is 0 Å². The van der Waals surface area contributed by atoms with Gasteiger partial charge in [0.25, 0.3) is 0 Å². The Morgan fingerprint density at radius 2 is 1.76 bits per heavy atom. The fourth-order valence-electron chi connectivity index (χ4n) is 1.62. The standard InChI is InChI=1S/C11H14O6/c12-5-8-9(14)10(15)11(17-8)16-7-3-1-6(13)2-4-7/h1-4,8-15H,5H2/t8-,9-,10+,11-/m1/s1. The molecule has 0 amide bonds. The highest BCUT2D eigenvalue weighted by Crippen LogP contribution is 2.25. The Morgan fingerprint density at radius 3 is 2.29 bits per heavy atom. The lowest BCUT2D eigenvalue weighted by Gasteiger charge is -2.16. The molecular weight excluding hydrogens is 228 g/mol. The van der Waals surface area contributed by atoms with Crippen LogP contribution in [0.3, 0.4) is 0 Å². The van der Waals surface area contributed by atoms with Crippen LogP contribution in [0.2, 0.25) is 0 Å². The average Bonchev–Trinajstić information content (AvgIpc) is 2.60. The van der Waals surface area contributed by atoms with Crippen molar-refractivity contribution in [2.45, 2.75) is 24.6 Å². The maximum atomic E-state index is 9.61. The van der Waals surface area contributed by atoms with E-state index in [0.29, 0.717) is 5.75 Å². The second-order valence-corrected chi connectivity index (χ2v) is 3.82. The van der Waals surface area contributed by atoms with Crippen molar-refractivity contribution in [2.24, 2.45) is 0 Å². The van der Waals surface area contributed by atoms with Gasteiger partial charge < -0.3 is 29.9 Å². The van der Waals surface area contributed by atoms with Crippen molar-refractivity contribution in [1.82, 2.24) is 0 Å². The van der Waals surface area contributed by atoms with Gasteiger partial charge in [0.1, 0.15) is 29.8 Å². The predicted octanol–water partition coefficient (Wildman–Crippen LogP) is -0.790. The Balaban J connectivity index is 2.02. The smallest absolute Gasteiger partial charge is 0.229 e. The molecule has 1 aliphatic rings. The first-order chi connectivity index (χ1) is 8.11. The van der Waals surface area contributed by atoms with Crippen LogP contribution in [0.1, 0.15) is 0 Å². The quantitative estimate of drug-likeness (QED) is 0.554. The summed E-state index contributed by atoms with van der Waals surface area (Å²) < 4.78 is 10.4. The van der Waals surface area contributed by atoms with E-state index in [1.54, 1.807) is 0 Å². The Bertz CT molecular complexity index is 365. The Hall–Kier alpha value is -1.34. The normalized spacial score (nSPS) is 32.6. The van der Waals surface area contributed by atoms with Gasteiger partial charge in [-0.2, -0.15) is 0 Å². The number of ether oxygens (including phenoxy) is 2. The third-order valence-electron chi connectivity index (χ3n) is 2.59. The van der Waals surface area contributed by atoms with E-state index in [0.717, 1.165) is 0 Å². The fraction of sp³-hybridized carbons (Fsp3) is 0.455. The third kappa shape index (κ3) is 2.50. The van der Waals surface area contributed by atoms with Crippen LogP contribution in [-0.4, -0.2) is 51.6 Å². The van der Waals surface area contributed by atoms with Crippen LogP contribution < -0.4 is 4.74 Å². The first-order valence-corrected chi connectivity index (χ1v) is 5.20. The number of hydrogen-bond acceptors (Lipinski definition) is 6. The minimum Gasteiger partial charge on any atom is -0.508 e. The van der Waals surface area contributed by atoms with Gasteiger partial charge in [-0.25, -0.2) is 0 Å². The Kier molecular flexibility index (Phi) is 3.49. The number of hydrogen-bond donors (Lipinski definition) is 4. The summed E-state index contributed by atoms with van der Waals surface area (Å²) in [5.41, 5.74) is 0. The van der Waals surface area contributed by atoms with Gasteiger partial charge in [-0.3, -0.25) is 0 Å². The van der Waals surface area contributed by atoms with Crippen LogP contribution in [0.4, 0.5) is 0 Å². The lowest BCUT2D eigenvalue weighted by molar-refractivity contribution is -0.116. The van der Waals surface area contributed by atoms with E-state index >= 15 is 0 Å². The zero-order valence-corrected chi connectivity index (χ0v) is 8.93. The Morgan fingerprint density at radius 1 is 1.12 bits per heavy atom. The molecule has 1 aromatic carbocycles. The summed E-state index contributed by atoms with van der Waals surface area (Å²) in [6, 6.07) is 5.86. The molecule has 0 aliphatic carbocycles. The maximum Gasteiger partial charge on any atom is 0.229 e. The van der Waals surface area contributed by atoms with Crippen molar-refractivity contribution < 1.29 is 29.9 Å². The van der Waals surface area contributed by atoms with Crippen molar-refractivity contribution in [3.8, 4) is 11.5 Å². The summed E-state index contributed by atoms with van der Waals surface area (Å²) in [6.07, 6.45) is -4.29. The van der Waals surface area contributed by atoms with Gasteiger partial charge in [0.15, 0.2) is 0 Å². The van der Waals surface area contributed by atoms with E-state index < -0.39 is 31.2 Å². The molecule has 4 atom stereocenters. The minimum atomic E-state index is -1.22. The number of phenols is 1. The van der Waals surface area contributed by atoms with Crippen molar-refractivity contribution in [2.75, 3.05) is 6.61 Å². The van der Waals surface area contributed by atoms with E-state index in [-0.39, 0.29) is 5.75 Å². The molecule has 1 saturated heterocycles. The molecule has 2 rings (SSSR count). The molecule has 0 unspecified atom stereocenters. The minimum absolute atomic E-state index is 0.0958. The molecule has 6 heteroatoms. The molecule has 1 heterocycles. The number of benzene rings is 1. The number of phenolic OH excluding ortho intramolecular Hbond substituents is 1. The lowest BCUT2D eigenvalue weighted by atomic mass is 10.1. The summed E-state index contributed by atoms with van der Waals surface area (Å²) >= 11 is 0. The molecule has 6 nitrogen and oxygen atoms in total. The van der Waals surface area contributed by atoms with Gasteiger partial charge >= 0.3 is 0 Å². The first kappa shape index (κ1) is 12.1. The summed E-state index contributed by atoms with van der Waals surface area (Å²) in [4.78, 5) is 0. The van der Waals surface area contributed by atoms with Crippen LogP contribution in [-0.2, 0) is 4.74 Å². The van der Waals surface area contributed by atoms with Gasteiger partial charge in [0.2, 0.25) is 6.29 Å². The summed E-state index contributed by atoms with van der Waals surface area (Å²) in [5.74, 6) is 0.483. The van der Waals surface area contributed by atoms with Crippen molar-refractivity contribution in [1.29, 1.82) is 0 Å². The second kappa shape index (κ2) is 4.89. The zero-order chi connectivity index (χ0) is 12.4. The first-order valence-electron chi connectivity index (χ1n) is 5.20. The highest BCUT2D eigenvalue weighted by Gasteiger charge is 2.43. The average molecular weight is 242 g/mol. The zero-order valence-electron chi connectivity index (χ0n) is 8.93.